The number of H-pyrrole nitrogens is 1. The number of carboxylic acid groups (broad SMARTS) is 1. The molecule has 1 fully saturated rings. The van der Waals surface area contributed by atoms with Crippen molar-refractivity contribution in [2.24, 2.45) is 5.41 Å². The standard InChI is InChI=1S/C26H20F4N4O4/c1-14-8-21(37-13-25(6-7-25)24(35)36)31-11-17(14)15-9-18(27)22(32-10-15)23-33-12-19(34-23)16-4-2-3-5-20(16)38-26(28,29)30/h2-5,8-12H,6-7,13H2,1H3,(H,33,34)(H,35,36). The molecule has 1 aliphatic rings. The molecule has 0 unspecified atom stereocenters. The van der Waals surface area contributed by atoms with E-state index in [1.807, 2.05) is 0 Å². The number of rotatable bonds is 8. The second-order valence-corrected chi connectivity index (χ2v) is 8.96. The summed E-state index contributed by atoms with van der Waals surface area (Å²) < 4.78 is 63.0. The summed E-state index contributed by atoms with van der Waals surface area (Å²) in [6, 6.07) is 8.41. The Hall–Kier alpha value is -4.48. The molecule has 3 heterocycles. The Morgan fingerprint density at radius 3 is 2.50 bits per heavy atom. The predicted molar refractivity (Wildman–Crippen MR) is 127 cm³/mol. The molecule has 12 heteroatoms. The molecular weight excluding hydrogens is 508 g/mol. The maximum absolute atomic E-state index is 15.1. The first-order valence-electron chi connectivity index (χ1n) is 11.4. The lowest BCUT2D eigenvalue weighted by Crippen LogP contribution is -2.23. The molecule has 0 aliphatic heterocycles. The highest BCUT2D eigenvalue weighted by molar-refractivity contribution is 5.78. The van der Waals surface area contributed by atoms with Crippen LogP contribution in [0.4, 0.5) is 17.6 Å². The van der Waals surface area contributed by atoms with Crippen molar-refractivity contribution < 1.29 is 36.9 Å². The van der Waals surface area contributed by atoms with Gasteiger partial charge in [-0.25, -0.2) is 19.3 Å². The fourth-order valence-electron chi connectivity index (χ4n) is 3.93. The minimum Gasteiger partial charge on any atom is -0.481 e. The van der Waals surface area contributed by atoms with Gasteiger partial charge in [-0.3, -0.25) is 4.79 Å². The summed E-state index contributed by atoms with van der Waals surface area (Å²) in [6.45, 7) is 1.80. The molecule has 0 amide bonds. The van der Waals surface area contributed by atoms with Crippen LogP contribution < -0.4 is 9.47 Å². The zero-order valence-corrected chi connectivity index (χ0v) is 19.8. The molecule has 0 bridgehead atoms. The first-order valence-corrected chi connectivity index (χ1v) is 11.4. The number of aryl methyl sites for hydroxylation is 1. The monoisotopic (exact) mass is 528 g/mol. The summed E-state index contributed by atoms with van der Waals surface area (Å²) in [4.78, 5) is 26.6. The second-order valence-electron chi connectivity index (χ2n) is 8.96. The molecule has 1 aliphatic carbocycles. The number of halogens is 4. The maximum Gasteiger partial charge on any atom is 0.573 e. The number of hydrogen-bond acceptors (Lipinski definition) is 6. The Morgan fingerprint density at radius 2 is 1.84 bits per heavy atom. The van der Waals surface area contributed by atoms with Crippen LogP contribution in [-0.2, 0) is 4.79 Å². The van der Waals surface area contributed by atoms with E-state index in [4.69, 9.17) is 4.74 Å². The van der Waals surface area contributed by atoms with Gasteiger partial charge in [0.25, 0.3) is 0 Å². The van der Waals surface area contributed by atoms with Crippen LogP contribution in [0.25, 0.3) is 33.9 Å². The van der Waals surface area contributed by atoms with Gasteiger partial charge in [-0.05, 0) is 43.5 Å². The molecule has 2 N–H and O–H groups in total. The second kappa shape index (κ2) is 9.43. The van der Waals surface area contributed by atoms with E-state index in [-0.39, 0.29) is 35.3 Å². The largest absolute Gasteiger partial charge is 0.573 e. The fourth-order valence-corrected chi connectivity index (χ4v) is 3.93. The van der Waals surface area contributed by atoms with E-state index in [0.717, 1.165) is 0 Å². The van der Waals surface area contributed by atoms with E-state index < -0.39 is 29.3 Å². The topological polar surface area (TPSA) is 110 Å². The third kappa shape index (κ3) is 5.15. The Balaban J connectivity index is 1.35. The summed E-state index contributed by atoms with van der Waals surface area (Å²) >= 11 is 0. The average molecular weight is 528 g/mol. The van der Waals surface area contributed by atoms with Gasteiger partial charge in [-0.1, -0.05) is 12.1 Å². The van der Waals surface area contributed by atoms with Gasteiger partial charge in [0.1, 0.15) is 23.5 Å². The smallest absolute Gasteiger partial charge is 0.481 e. The third-order valence-electron chi connectivity index (χ3n) is 6.24. The van der Waals surface area contributed by atoms with Crippen molar-refractivity contribution in [1.29, 1.82) is 0 Å². The van der Waals surface area contributed by atoms with Gasteiger partial charge in [0.2, 0.25) is 5.88 Å². The molecular formula is C26H20F4N4O4. The highest BCUT2D eigenvalue weighted by Gasteiger charge is 2.51. The fraction of sp³-hybridized carbons (Fsp3) is 0.231. The van der Waals surface area contributed by atoms with Crippen LogP contribution in [0.5, 0.6) is 11.6 Å². The number of aliphatic carboxylic acids is 1. The van der Waals surface area contributed by atoms with Crippen LogP contribution in [0, 0.1) is 18.2 Å². The number of hydrogen-bond donors (Lipinski definition) is 2. The normalized spacial score (nSPS) is 14.2. The quantitative estimate of drug-likeness (QED) is 0.279. The predicted octanol–water partition coefficient (Wildman–Crippen LogP) is 5.79. The van der Waals surface area contributed by atoms with Crippen molar-refractivity contribution in [2.45, 2.75) is 26.1 Å². The molecule has 3 aromatic heterocycles. The van der Waals surface area contributed by atoms with E-state index in [9.17, 15) is 23.1 Å². The summed E-state index contributed by atoms with van der Waals surface area (Å²) in [5.41, 5.74) is 1.05. The van der Waals surface area contributed by atoms with E-state index >= 15 is 4.39 Å². The zero-order valence-electron chi connectivity index (χ0n) is 19.8. The summed E-state index contributed by atoms with van der Waals surface area (Å²) in [6.07, 6.45) is 0.423. The van der Waals surface area contributed by atoms with Crippen molar-refractivity contribution in [2.75, 3.05) is 6.61 Å². The molecule has 0 atom stereocenters. The van der Waals surface area contributed by atoms with E-state index in [1.165, 1.54) is 48.9 Å². The first-order chi connectivity index (χ1) is 18.0. The van der Waals surface area contributed by atoms with Gasteiger partial charge >= 0.3 is 12.3 Å². The number of para-hydroxylation sites is 1. The number of pyridine rings is 2. The summed E-state index contributed by atoms with van der Waals surface area (Å²) in [5, 5.41) is 9.28. The molecule has 1 aromatic carbocycles. The first kappa shape index (κ1) is 25.2. The Labute approximate surface area is 213 Å². The number of aromatic nitrogens is 4. The van der Waals surface area contributed by atoms with Crippen molar-refractivity contribution in [3.8, 4) is 45.5 Å². The average Bonchev–Trinajstić information content (AvgIpc) is 3.51. The Bertz CT molecular complexity index is 1520. The maximum atomic E-state index is 15.1. The van der Waals surface area contributed by atoms with Gasteiger partial charge in [0, 0.05) is 35.2 Å². The van der Waals surface area contributed by atoms with Crippen LogP contribution in [-0.4, -0.2) is 44.0 Å². The highest BCUT2D eigenvalue weighted by atomic mass is 19.4. The number of alkyl halides is 3. The van der Waals surface area contributed by atoms with E-state index in [2.05, 4.69) is 24.7 Å². The van der Waals surface area contributed by atoms with Crippen LogP contribution >= 0.6 is 0 Å². The molecule has 4 aromatic rings. The number of imidazole rings is 1. The van der Waals surface area contributed by atoms with Gasteiger partial charge in [0.05, 0.1) is 11.9 Å². The number of carboxylic acids is 1. The Morgan fingerprint density at radius 1 is 1.08 bits per heavy atom. The number of carbonyl (C=O) groups is 1. The molecule has 196 valence electrons. The van der Waals surface area contributed by atoms with Crippen molar-refractivity contribution in [3.05, 3.63) is 66.4 Å². The number of nitrogens with one attached hydrogen (secondary N) is 1. The van der Waals surface area contributed by atoms with Gasteiger partial charge in [0.15, 0.2) is 11.6 Å². The number of ether oxygens (including phenoxy) is 2. The summed E-state index contributed by atoms with van der Waals surface area (Å²) in [5.74, 6) is -1.74. The molecule has 1 saturated carbocycles. The van der Waals surface area contributed by atoms with Crippen molar-refractivity contribution in [3.63, 3.8) is 0 Å². The van der Waals surface area contributed by atoms with Crippen molar-refractivity contribution in [1.82, 2.24) is 19.9 Å². The lowest BCUT2D eigenvalue weighted by molar-refractivity contribution is -0.274. The van der Waals surface area contributed by atoms with Crippen LogP contribution in [0.2, 0.25) is 0 Å². The third-order valence-corrected chi connectivity index (χ3v) is 6.24. The Kier molecular flexibility index (Phi) is 6.25. The number of aromatic amines is 1. The van der Waals surface area contributed by atoms with E-state index in [1.54, 1.807) is 13.0 Å². The zero-order chi connectivity index (χ0) is 27.1. The molecule has 0 spiro atoms. The summed E-state index contributed by atoms with van der Waals surface area (Å²) in [7, 11) is 0. The van der Waals surface area contributed by atoms with Gasteiger partial charge in [-0.2, -0.15) is 0 Å². The van der Waals surface area contributed by atoms with E-state index in [0.29, 0.717) is 29.5 Å². The van der Waals surface area contributed by atoms with Gasteiger partial charge < -0.3 is 19.6 Å². The lowest BCUT2D eigenvalue weighted by atomic mass is 10.0. The molecule has 38 heavy (non-hydrogen) atoms. The van der Waals surface area contributed by atoms with Crippen LogP contribution in [0.3, 0.4) is 0 Å². The minimum absolute atomic E-state index is 0.0247. The highest BCUT2D eigenvalue weighted by Crippen LogP contribution is 2.46. The molecule has 0 radical (unpaired) electrons. The molecule has 5 rings (SSSR count). The van der Waals surface area contributed by atoms with Crippen LogP contribution in [0.15, 0.2) is 55.0 Å². The number of nitrogens with zero attached hydrogens (tertiary/aromatic N) is 3. The van der Waals surface area contributed by atoms with Crippen LogP contribution in [0.1, 0.15) is 18.4 Å². The van der Waals surface area contributed by atoms with Crippen molar-refractivity contribution >= 4 is 5.97 Å². The lowest BCUT2D eigenvalue weighted by Gasteiger charge is -2.13. The number of benzene rings is 1. The minimum atomic E-state index is -4.88. The molecule has 0 saturated heterocycles. The van der Waals surface area contributed by atoms with Gasteiger partial charge in [-0.15, -0.1) is 13.2 Å². The SMILES string of the molecule is Cc1cc(OCC2(C(=O)O)CC2)ncc1-c1cnc(-c2ncc(-c3ccccc3OC(F)(F)F)[nH]2)c(F)c1. The molecule has 8 nitrogen and oxygen atoms in total.